The molecule has 3 aromatic rings. The Hall–Kier alpha value is -3.50. The molecule has 0 fully saturated rings. The first-order chi connectivity index (χ1) is 13.6. The van der Waals surface area contributed by atoms with Crippen LogP contribution in [0.2, 0.25) is 0 Å². The third kappa shape index (κ3) is 4.86. The topological polar surface area (TPSA) is 86.9 Å². The molecule has 0 saturated heterocycles. The lowest BCUT2D eigenvalue weighted by Gasteiger charge is -2.12. The van der Waals surface area contributed by atoms with E-state index in [1.165, 1.54) is 42.5 Å². The summed E-state index contributed by atoms with van der Waals surface area (Å²) < 4.78 is 62.4. The number of anilines is 1. The van der Waals surface area contributed by atoms with Crippen LogP contribution in [-0.2, 0) is 0 Å². The Bertz CT molecular complexity index is 1060. The Morgan fingerprint density at radius 2 is 1.79 bits per heavy atom. The van der Waals surface area contributed by atoms with E-state index >= 15 is 0 Å². The summed E-state index contributed by atoms with van der Waals surface area (Å²) in [6.45, 7) is -1.52. The van der Waals surface area contributed by atoms with Crippen LogP contribution in [0.5, 0.6) is 0 Å². The van der Waals surface area contributed by atoms with Gasteiger partial charge < -0.3 is 15.6 Å². The number of halogens is 5. The highest BCUT2D eigenvalue weighted by Gasteiger charge is 2.28. The second kappa shape index (κ2) is 7.86. The molecule has 6 nitrogen and oxygen atoms in total. The van der Waals surface area contributed by atoms with Crippen molar-refractivity contribution in [1.29, 1.82) is 0 Å². The first-order valence-electron chi connectivity index (χ1n) is 8.17. The molecule has 2 aromatic carbocycles. The van der Waals surface area contributed by atoms with Crippen LogP contribution in [0, 0.1) is 0 Å². The van der Waals surface area contributed by atoms with E-state index in [1.807, 2.05) is 0 Å². The van der Waals surface area contributed by atoms with E-state index in [4.69, 9.17) is 0 Å². The average molecular weight is 412 g/mol. The Kier molecular flexibility index (Phi) is 5.48. The van der Waals surface area contributed by atoms with Crippen molar-refractivity contribution < 1.29 is 31.5 Å². The van der Waals surface area contributed by atoms with Gasteiger partial charge in [-0.1, -0.05) is 12.1 Å². The minimum absolute atomic E-state index is 0.00449. The van der Waals surface area contributed by atoms with E-state index in [0.29, 0.717) is 0 Å². The third-order valence-corrected chi connectivity index (χ3v) is 3.84. The zero-order valence-corrected chi connectivity index (χ0v) is 14.5. The standard InChI is InChI=1S/C18H13F5N4O2/c19-14(20)15-25-12-6-5-9(7-13(12)26-15)16(28)27-11-4-2-1-3-10(11)17(29)24-8-18(21,22)23/h1-7,14H,8H2,(H,24,29)(H,25,26)(H,27,28). The molecule has 1 aromatic heterocycles. The quantitative estimate of drug-likeness (QED) is 0.553. The molecule has 0 aliphatic rings. The number of fused-ring (bicyclic) bond motifs is 1. The van der Waals surface area contributed by atoms with E-state index < -0.39 is 36.8 Å². The Morgan fingerprint density at radius 3 is 2.48 bits per heavy atom. The van der Waals surface area contributed by atoms with Crippen molar-refractivity contribution in [3.63, 3.8) is 0 Å². The second-order valence-corrected chi connectivity index (χ2v) is 5.95. The third-order valence-electron chi connectivity index (χ3n) is 3.84. The predicted molar refractivity (Wildman–Crippen MR) is 93.8 cm³/mol. The van der Waals surface area contributed by atoms with Crippen LogP contribution < -0.4 is 10.6 Å². The van der Waals surface area contributed by atoms with E-state index in [9.17, 15) is 31.5 Å². The number of carbonyl (C=O) groups excluding carboxylic acids is 2. The summed E-state index contributed by atoms with van der Waals surface area (Å²) in [5.74, 6) is -2.23. The number of rotatable bonds is 5. The molecule has 1 heterocycles. The first kappa shape index (κ1) is 20.2. The number of aromatic nitrogens is 2. The number of H-pyrrole nitrogens is 1. The zero-order chi connectivity index (χ0) is 21.2. The van der Waals surface area contributed by atoms with Gasteiger partial charge in [-0.05, 0) is 30.3 Å². The Labute approximate surface area is 160 Å². The summed E-state index contributed by atoms with van der Waals surface area (Å²) >= 11 is 0. The van der Waals surface area contributed by atoms with Crippen LogP contribution >= 0.6 is 0 Å². The van der Waals surface area contributed by atoms with E-state index in [2.05, 4.69) is 15.3 Å². The molecule has 152 valence electrons. The van der Waals surface area contributed by atoms with Gasteiger partial charge in [0.2, 0.25) is 0 Å². The van der Waals surface area contributed by atoms with Crippen molar-refractivity contribution in [1.82, 2.24) is 15.3 Å². The number of benzene rings is 2. The summed E-state index contributed by atoms with van der Waals surface area (Å²) in [5, 5.41) is 4.17. The molecule has 3 rings (SSSR count). The number of hydrogen-bond donors (Lipinski definition) is 3. The molecule has 0 spiro atoms. The van der Waals surface area contributed by atoms with Gasteiger partial charge in [0.25, 0.3) is 18.2 Å². The van der Waals surface area contributed by atoms with E-state index in [-0.39, 0.29) is 27.8 Å². The van der Waals surface area contributed by atoms with E-state index in [0.717, 1.165) is 0 Å². The number of alkyl halides is 5. The van der Waals surface area contributed by atoms with Crippen LogP contribution in [0.3, 0.4) is 0 Å². The fourth-order valence-electron chi connectivity index (χ4n) is 2.53. The van der Waals surface area contributed by atoms with Gasteiger partial charge in [-0.2, -0.15) is 13.2 Å². The van der Waals surface area contributed by atoms with E-state index in [1.54, 1.807) is 5.32 Å². The summed E-state index contributed by atoms with van der Waals surface area (Å²) in [6, 6.07) is 9.55. The lowest BCUT2D eigenvalue weighted by Crippen LogP contribution is -2.34. The van der Waals surface area contributed by atoms with Gasteiger partial charge in [-0.15, -0.1) is 0 Å². The van der Waals surface area contributed by atoms with Crippen molar-refractivity contribution in [2.45, 2.75) is 12.6 Å². The number of nitrogens with one attached hydrogen (secondary N) is 3. The lowest BCUT2D eigenvalue weighted by atomic mass is 10.1. The molecule has 2 amide bonds. The van der Waals surface area contributed by atoms with Gasteiger partial charge >= 0.3 is 6.18 Å². The highest BCUT2D eigenvalue weighted by Crippen LogP contribution is 2.22. The molecule has 11 heteroatoms. The van der Waals surface area contributed by atoms with Crippen LogP contribution in [-0.4, -0.2) is 34.5 Å². The number of aromatic amines is 1. The van der Waals surface area contributed by atoms with Crippen molar-refractivity contribution >= 4 is 28.5 Å². The summed E-state index contributed by atoms with van der Waals surface area (Å²) in [5.41, 5.74) is 0.364. The van der Waals surface area contributed by atoms with Crippen molar-refractivity contribution in [3.05, 3.63) is 59.4 Å². The highest BCUT2D eigenvalue weighted by molar-refractivity contribution is 6.09. The van der Waals surface area contributed by atoms with Crippen LogP contribution in [0.1, 0.15) is 33.0 Å². The molecule has 0 bridgehead atoms. The molecular weight excluding hydrogens is 399 g/mol. The Balaban J connectivity index is 1.80. The molecular formula is C18H13F5N4O2. The van der Waals surface area contributed by atoms with Crippen LogP contribution in [0.4, 0.5) is 27.6 Å². The molecule has 0 unspecified atom stereocenters. The summed E-state index contributed by atoms with van der Waals surface area (Å²) in [7, 11) is 0. The first-order valence-corrected chi connectivity index (χ1v) is 8.17. The Morgan fingerprint density at radius 1 is 1.07 bits per heavy atom. The molecule has 3 N–H and O–H groups in total. The maximum Gasteiger partial charge on any atom is 0.405 e. The molecule has 0 atom stereocenters. The maximum atomic E-state index is 12.7. The SMILES string of the molecule is O=C(Nc1ccccc1C(=O)NCC(F)(F)F)c1ccc2nc(C(F)F)[nH]c2c1. The number of carbonyl (C=O) groups is 2. The molecule has 0 aliphatic heterocycles. The van der Waals surface area contributed by atoms with Gasteiger partial charge in [-0.3, -0.25) is 9.59 Å². The normalized spacial score (nSPS) is 11.7. The van der Waals surface area contributed by atoms with Crippen LogP contribution in [0.15, 0.2) is 42.5 Å². The van der Waals surface area contributed by atoms with Gasteiger partial charge in [0.15, 0.2) is 5.82 Å². The molecule has 0 saturated carbocycles. The maximum absolute atomic E-state index is 12.7. The molecule has 0 radical (unpaired) electrons. The second-order valence-electron chi connectivity index (χ2n) is 5.95. The molecule has 29 heavy (non-hydrogen) atoms. The fourth-order valence-corrected chi connectivity index (χ4v) is 2.53. The van der Waals surface area contributed by atoms with Gasteiger partial charge in [0.1, 0.15) is 6.54 Å². The fraction of sp³-hybridized carbons (Fsp3) is 0.167. The number of para-hydroxylation sites is 1. The monoisotopic (exact) mass is 412 g/mol. The smallest absolute Gasteiger partial charge is 0.343 e. The number of amides is 2. The predicted octanol–water partition coefficient (Wildman–Crippen LogP) is 4.04. The zero-order valence-electron chi connectivity index (χ0n) is 14.5. The van der Waals surface area contributed by atoms with Crippen molar-refractivity contribution in [3.8, 4) is 0 Å². The van der Waals surface area contributed by atoms with Gasteiger partial charge in [0.05, 0.1) is 22.3 Å². The minimum atomic E-state index is -4.58. The average Bonchev–Trinajstić information content (AvgIpc) is 3.09. The largest absolute Gasteiger partial charge is 0.405 e. The van der Waals surface area contributed by atoms with Crippen LogP contribution in [0.25, 0.3) is 11.0 Å². The highest BCUT2D eigenvalue weighted by atomic mass is 19.4. The summed E-state index contributed by atoms with van der Waals surface area (Å²) in [4.78, 5) is 30.6. The van der Waals surface area contributed by atoms with Crippen molar-refractivity contribution in [2.24, 2.45) is 0 Å². The number of hydrogen-bond acceptors (Lipinski definition) is 3. The molecule has 0 aliphatic carbocycles. The van der Waals surface area contributed by atoms with Crippen molar-refractivity contribution in [2.75, 3.05) is 11.9 Å². The number of imidazole rings is 1. The number of nitrogens with zero attached hydrogens (tertiary/aromatic N) is 1. The minimum Gasteiger partial charge on any atom is -0.343 e. The van der Waals surface area contributed by atoms with Gasteiger partial charge in [-0.25, -0.2) is 13.8 Å². The van der Waals surface area contributed by atoms with Gasteiger partial charge in [0, 0.05) is 5.56 Å². The summed E-state index contributed by atoms with van der Waals surface area (Å²) in [6.07, 6.45) is -7.38. The lowest BCUT2D eigenvalue weighted by molar-refractivity contribution is -0.123.